The molecule has 2 unspecified atom stereocenters. The Bertz CT molecular complexity index is 211. The topological polar surface area (TPSA) is 43.4 Å². The van der Waals surface area contributed by atoms with Crippen molar-refractivity contribution in [3.05, 3.63) is 0 Å². The van der Waals surface area contributed by atoms with Crippen LogP contribution in [-0.4, -0.2) is 37.1 Å². The zero-order chi connectivity index (χ0) is 7.78. The van der Waals surface area contributed by atoms with Gasteiger partial charge in [0.15, 0.2) is 9.84 Å². The van der Waals surface area contributed by atoms with Gasteiger partial charge in [0.1, 0.15) is 0 Å². The van der Waals surface area contributed by atoms with E-state index in [-0.39, 0.29) is 21.5 Å². The first-order valence-corrected chi connectivity index (χ1v) is 5.99. The van der Waals surface area contributed by atoms with Gasteiger partial charge in [-0.05, 0) is 0 Å². The van der Waals surface area contributed by atoms with Gasteiger partial charge >= 0.3 is 0 Å². The molecule has 1 aliphatic rings. The fraction of sp³-hybridized carbons (Fsp3) is 1.00. The van der Waals surface area contributed by atoms with Crippen molar-refractivity contribution in [2.45, 2.75) is 10.0 Å². The summed E-state index contributed by atoms with van der Waals surface area (Å²) in [5.41, 5.74) is 0. The molecule has 0 radical (unpaired) electrons. The molecule has 0 aliphatic carbocycles. The summed E-state index contributed by atoms with van der Waals surface area (Å²) in [7, 11) is -1.24. The van der Waals surface area contributed by atoms with Gasteiger partial charge in [0, 0.05) is 7.11 Å². The molecule has 2 atom stereocenters. The molecule has 3 nitrogen and oxygen atoms in total. The Balaban J connectivity index is 2.71. The van der Waals surface area contributed by atoms with E-state index in [0.29, 0.717) is 0 Å². The maximum Gasteiger partial charge on any atom is 0.154 e. The number of alkyl halides is 1. The largest absolute Gasteiger partial charge is 0.379 e. The first-order chi connectivity index (χ1) is 4.55. The molecule has 1 saturated heterocycles. The third-order valence-corrected chi connectivity index (χ3v) is 5.08. The molecule has 1 aliphatic heterocycles. The summed E-state index contributed by atoms with van der Waals surface area (Å²) in [6.07, 6.45) is -0.0920. The lowest BCUT2D eigenvalue weighted by molar-refractivity contribution is 0.131. The first kappa shape index (κ1) is 8.73. The molecular weight excluding hydrogens is 267 g/mol. The van der Waals surface area contributed by atoms with Crippen molar-refractivity contribution in [2.24, 2.45) is 0 Å². The first-order valence-electron chi connectivity index (χ1n) is 2.92. The second-order valence-corrected chi connectivity index (χ2v) is 6.12. The minimum Gasteiger partial charge on any atom is -0.379 e. The van der Waals surface area contributed by atoms with Crippen LogP contribution in [0.1, 0.15) is 0 Å². The van der Waals surface area contributed by atoms with E-state index in [4.69, 9.17) is 4.74 Å². The normalized spacial score (nSPS) is 38.2. The predicted octanol–water partition coefficient (Wildman–Crippen LogP) is 0.233. The van der Waals surface area contributed by atoms with Gasteiger partial charge in [-0.15, -0.1) is 0 Å². The maximum absolute atomic E-state index is 10.9. The van der Waals surface area contributed by atoms with E-state index in [2.05, 4.69) is 22.6 Å². The summed E-state index contributed by atoms with van der Waals surface area (Å²) in [5.74, 6) is 0.461. The molecule has 0 bridgehead atoms. The van der Waals surface area contributed by atoms with Crippen molar-refractivity contribution in [1.82, 2.24) is 0 Å². The third-order valence-electron chi connectivity index (χ3n) is 1.54. The van der Waals surface area contributed by atoms with Crippen LogP contribution in [0.3, 0.4) is 0 Å². The molecule has 0 N–H and O–H groups in total. The monoisotopic (exact) mass is 276 g/mol. The Morgan fingerprint density at radius 2 is 2.10 bits per heavy atom. The molecule has 0 spiro atoms. The van der Waals surface area contributed by atoms with Gasteiger partial charge in [-0.3, -0.25) is 0 Å². The van der Waals surface area contributed by atoms with Crippen molar-refractivity contribution in [1.29, 1.82) is 0 Å². The molecule has 0 saturated carbocycles. The summed E-state index contributed by atoms with van der Waals surface area (Å²) in [4.78, 5) is 0. The third kappa shape index (κ3) is 1.82. The SMILES string of the molecule is COC1CS(=O)(=O)CC1I. The molecule has 0 amide bonds. The Labute approximate surface area is 74.2 Å². The zero-order valence-electron chi connectivity index (χ0n) is 5.58. The number of methoxy groups -OCH3 is 1. The van der Waals surface area contributed by atoms with E-state index >= 15 is 0 Å². The van der Waals surface area contributed by atoms with Gasteiger partial charge < -0.3 is 4.74 Å². The van der Waals surface area contributed by atoms with Crippen LogP contribution in [0.2, 0.25) is 0 Å². The average molecular weight is 276 g/mol. The standard InChI is InChI=1S/C5H9IO3S/c1-9-5-3-10(7,8)2-4(5)6/h4-5H,2-3H2,1H3. The smallest absolute Gasteiger partial charge is 0.154 e. The van der Waals surface area contributed by atoms with Crippen LogP contribution in [0, 0.1) is 0 Å². The van der Waals surface area contributed by atoms with Crippen LogP contribution >= 0.6 is 22.6 Å². The molecule has 60 valence electrons. The van der Waals surface area contributed by atoms with E-state index in [1.807, 2.05) is 0 Å². The maximum atomic E-state index is 10.9. The molecule has 1 fully saturated rings. The highest BCUT2D eigenvalue weighted by Gasteiger charge is 2.35. The van der Waals surface area contributed by atoms with Crippen molar-refractivity contribution >= 4 is 32.4 Å². The molecule has 0 aromatic rings. The predicted molar refractivity (Wildman–Crippen MR) is 47.3 cm³/mol. The number of hydrogen-bond acceptors (Lipinski definition) is 3. The highest BCUT2D eigenvalue weighted by atomic mass is 127. The summed E-state index contributed by atoms with van der Waals surface area (Å²) in [5, 5.41) is 0. The van der Waals surface area contributed by atoms with Crippen LogP contribution in [0.25, 0.3) is 0 Å². The van der Waals surface area contributed by atoms with E-state index in [9.17, 15) is 8.42 Å². The molecule has 1 rings (SSSR count). The van der Waals surface area contributed by atoms with E-state index < -0.39 is 9.84 Å². The molecular formula is C5H9IO3S. The number of sulfone groups is 1. The van der Waals surface area contributed by atoms with E-state index in [0.717, 1.165) is 0 Å². The highest BCUT2D eigenvalue weighted by Crippen LogP contribution is 2.21. The van der Waals surface area contributed by atoms with Crippen LogP contribution in [0.15, 0.2) is 0 Å². The van der Waals surface area contributed by atoms with Crippen molar-refractivity contribution in [2.75, 3.05) is 18.6 Å². The number of rotatable bonds is 1. The lowest BCUT2D eigenvalue weighted by atomic mass is 10.3. The Hall–Kier alpha value is 0.640. The van der Waals surface area contributed by atoms with Gasteiger partial charge in [0.25, 0.3) is 0 Å². The highest BCUT2D eigenvalue weighted by molar-refractivity contribution is 14.1. The summed E-state index contributed by atoms with van der Waals surface area (Å²) in [6.45, 7) is 0. The lowest BCUT2D eigenvalue weighted by Gasteiger charge is -2.07. The molecule has 5 heteroatoms. The summed E-state index contributed by atoms with van der Waals surface area (Å²) >= 11 is 2.12. The molecule has 10 heavy (non-hydrogen) atoms. The second-order valence-electron chi connectivity index (χ2n) is 2.37. The van der Waals surface area contributed by atoms with Crippen molar-refractivity contribution in [3.63, 3.8) is 0 Å². The second kappa shape index (κ2) is 2.94. The zero-order valence-corrected chi connectivity index (χ0v) is 8.55. The van der Waals surface area contributed by atoms with Crippen LogP contribution in [-0.2, 0) is 14.6 Å². The van der Waals surface area contributed by atoms with Gasteiger partial charge in [0.05, 0.1) is 21.5 Å². The van der Waals surface area contributed by atoms with Gasteiger partial charge in [-0.2, -0.15) is 0 Å². The van der Waals surface area contributed by atoms with Crippen molar-refractivity contribution in [3.8, 4) is 0 Å². The summed E-state index contributed by atoms with van der Waals surface area (Å²) in [6, 6.07) is 0. The number of halogens is 1. The van der Waals surface area contributed by atoms with Crippen LogP contribution < -0.4 is 0 Å². The minimum atomic E-state index is -2.79. The molecule has 0 aromatic carbocycles. The summed E-state index contributed by atoms with van der Waals surface area (Å²) < 4.78 is 27.0. The number of hydrogen-bond donors (Lipinski definition) is 0. The van der Waals surface area contributed by atoms with E-state index in [1.165, 1.54) is 0 Å². The Morgan fingerprint density at radius 3 is 2.30 bits per heavy atom. The quantitative estimate of drug-likeness (QED) is 0.509. The van der Waals surface area contributed by atoms with Crippen LogP contribution in [0.4, 0.5) is 0 Å². The van der Waals surface area contributed by atoms with Gasteiger partial charge in [0.2, 0.25) is 0 Å². The molecule has 1 heterocycles. The number of ether oxygens (including phenoxy) is 1. The minimum absolute atomic E-state index is 0.0920. The average Bonchev–Trinajstić information content (AvgIpc) is 2.05. The Kier molecular flexibility index (Phi) is 2.57. The van der Waals surface area contributed by atoms with Gasteiger partial charge in [-0.25, -0.2) is 8.42 Å². The lowest BCUT2D eigenvalue weighted by Crippen LogP contribution is -2.19. The van der Waals surface area contributed by atoms with Crippen molar-refractivity contribution < 1.29 is 13.2 Å². The fourth-order valence-corrected chi connectivity index (χ4v) is 5.23. The molecule has 0 aromatic heterocycles. The van der Waals surface area contributed by atoms with E-state index in [1.54, 1.807) is 7.11 Å². The fourth-order valence-electron chi connectivity index (χ4n) is 0.988. The van der Waals surface area contributed by atoms with Crippen LogP contribution in [0.5, 0.6) is 0 Å². The van der Waals surface area contributed by atoms with Gasteiger partial charge in [-0.1, -0.05) is 22.6 Å². The Morgan fingerprint density at radius 1 is 1.50 bits per heavy atom.